The first-order chi connectivity index (χ1) is 11.5. The largest absolute Gasteiger partial charge is 0.389 e. The Morgan fingerprint density at radius 3 is 2.48 bits per heavy atom. The molecule has 2 bridgehead atoms. The summed E-state index contributed by atoms with van der Waals surface area (Å²) in [7, 11) is 0. The van der Waals surface area contributed by atoms with Crippen LogP contribution in [0.2, 0.25) is 0 Å². The lowest BCUT2D eigenvalue weighted by Gasteiger charge is -2.52. The van der Waals surface area contributed by atoms with Gasteiger partial charge in [-0.05, 0) is 32.1 Å². The zero-order chi connectivity index (χ0) is 19.0. The number of allylic oxidation sites excluding steroid dienone is 1. The number of hydrogen-bond donors (Lipinski definition) is 3. The summed E-state index contributed by atoms with van der Waals surface area (Å²) in [6.45, 7) is 9.36. The number of Topliss-reactive ketones (excluding diaryl/α,β-unsaturated/α-hetero) is 2. The molecule has 25 heavy (non-hydrogen) atoms. The second kappa shape index (κ2) is 7.14. The lowest BCUT2D eigenvalue weighted by Crippen LogP contribution is -2.63. The smallest absolute Gasteiger partial charge is 0.168 e. The maximum Gasteiger partial charge on any atom is 0.168 e. The number of ketones is 2. The number of aliphatic hydroxyl groups excluding tert-OH is 2. The van der Waals surface area contributed by atoms with Crippen molar-refractivity contribution in [1.82, 2.24) is 0 Å². The number of fused-ring (bicyclic) bond motifs is 2. The molecule has 0 amide bonds. The average Bonchev–Trinajstić information content (AvgIpc) is 2.47. The molecule has 0 aromatic heterocycles. The third-order valence-corrected chi connectivity index (χ3v) is 6.11. The summed E-state index contributed by atoms with van der Waals surface area (Å²) >= 11 is 0. The van der Waals surface area contributed by atoms with Crippen molar-refractivity contribution in [3.8, 4) is 0 Å². The van der Waals surface area contributed by atoms with E-state index in [-0.39, 0.29) is 24.5 Å². The van der Waals surface area contributed by atoms with E-state index in [2.05, 4.69) is 6.58 Å². The minimum absolute atomic E-state index is 0.0675. The van der Waals surface area contributed by atoms with Crippen LogP contribution in [0, 0.1) is 11.3 Å². The lowest BCUT2D eigenvalue weighted by atomic mass is 9.55. The monoisotopic (exact) mass is 350 g/mol. The first-order valence-electron chi connectivity index (χ1n) is 8.94. The van der Waals surface area contributed by atoms with Crippen LogP contribution in [0.15, 0.2) is 23.8 Å². The minimum atomic E-state index is -1.78. The molecular weight excluding hydrogens is 320 g/mol. The SMILES string of the molecule is C=C1CC[C@@H]2CC(=O)C[C@@](O)([C@H](O)C(=O)C/C(C)=C/[C@@H](O)C1)C2(C)C. The Kier molecular flexibility index (Phi) is 5.71. The molecule has 0 saturated heterocycles. The van der Waals surface area contributed by atoms with Crippen LogP contribution in [0.25, 0.3) is 0 Å². The van der Waals surface area contributed by atoms with Gasteiger partial charge in [-0.2, -0.15) is 0 Å². The van der Waals surface area contributed by atoms with Crippen LogP contribution in [0.3, 0.4) is 0 Å². The molecular formula is C20H30O5. The Morgan fingerprint density at radius 1 is 1.20 bits per heavy atom. The van der Waals surface area contributed by atoms with E-state index in [1.807, 2.05) is 13.8 Å². The summed E-state index contributed by atoms with van der Waals surface area (Å²) < 4.78 is 0. The highest BCUT2D eigenvalue weighted by Gasteiger charge is 2.58. The van der Waals surface area contributed by atoms with Gasteiger partial charge in [0, 0.05) is 24.7 Å². The quantitative estimate of drug-likeness (QED) is 0.582. The molecule has 140 valence electrons. The highest BCUT2D eigenvalue weighted by Crippen LogP contribution is 2.50. The van der Waals surface area contributed by atoms with Gasteiger partial charge in [0.25, 0.3) is 0 Å². The van der Waals surface area contributed by atoms with Gasteiger partial charge >= 0.3 is 0 Å². The van der Waals surface area contributed by atoms with Crippen LogP contribution in [0.4, 0.5) is 0 Å². The Labute approximate surface area is 149 Å². The van der Waals surface area contributed by atoms with Crippen molar-refractivity contribution in [2.45, 2.75) is 77.1 Å². The Bertz CT molecular complexity index is 603. The normalized spacial score (nSPS) is 39.7. The zero-order valence-electron chi connectivity index (χ0n) is 15.4. The third kappa shape index (κ3) is 3.94. The number of carbonyl (C=O) groups is 2. The predicted octanol–water partition coefficient (Wildman–Crippen LogP) is 2.09. The lowest BCUT2D eigenvalue weighted by molar-refractivity contribution is -0.193. The summed E-state index contributed by atoms with van der Waals surface area (Å²) in [6.07, 6.45) is 0.941. The molecule has 0 aromatic carbocycles. The topological polar surface area (TPSA) is 94.8 Å². The number of hydrogen-bond acceptors (Lipinski definition) is 5. The van der Waals surface area contributed by atoms with Gasteiger partial charge in [0.2, 0.25) is 0 Å². The van der Waals surface area contributed by atoms with Crippen LogP contribution in [-0.4, -0.2) is 44.7 Å². The Hall–Kier alpha value is -1.30. The van der Waals surface area contributed by atoms with Crippen molar-refractivity contribution in [3.63, 3.8) is 0 Å². The molecule has 4 atom stereocenters. The molecule has 0 aromatic rings. The second-order valence-electron chi connectivity index (χ2n) is 8.38. The van der Waals surface area contributed by atoms with Crippen molar-refractivity contribution < 1.29 is 24.9 Å². The van der Waals surface area contributed by atoms with Crippen LogP contribution in [0.1, 0.15) is 59.3 Å². The molecule has 1 saturated carbocycles. The van der Waals surface area contributed by atoms with E-state index >= 15 is 0 Å². The van der Waals surface area contributed by atoms with Crippen molar-refractivity contribution in [2.75, 3.05) is 0 Å². The molecule has 0 radical (unpaired) electrons. The standard InChI is InChI=1S/C20H30O5/c1-12-5-6-14-10-16(22)11-20(25,19(14,3)4)18(24)17(23)9-13(2)8-15(21)7-12/h8,14-15,18,21,24-25H,1,5-7,9-11H2,2-4H3/b13-8+/t14-,15+,18-,20-/m1/s1. The van der Waals surface area contributed by atoms with Gasteiger partial charge in [0.15, 0.2) is 5.78 Å². The third-order valence-electron chi connectivity index (χ3n) is 6.11. The molecule has 0 unspecified atom stereocenters. The average molecular weight is 350 g/mol. The van der Waals surface area contributed by atoms with E-state index in [0.29, 0.717) is 31.3 Å². The fourth-order valence-corrected chi connectivity index (χ4v) is 4.26. The number of rotatable bonds is 0. The van der Waals surface area contributed by atoms with Gasteiger partial charge in [-0.3, -0.25) is 9.59 Å². The molecule has 2 rings (SSSR count). The van der Waals surface area contributed by atoms with Crippen LogP contribution in [-0.2, 0) is 9.59 Å². The van der Waals surface area contributed by atoms with E-state index in [0.717, 1.165) is 5.57 Å². The van der Waals surface area contributed by atoms with Gasteiger partial charge in [0.1, 0.15) is 17.5 Å². The molecule has 0 spiro atoms. The molecule has 0 heterocycles. The second-order valence-corrected chi connectivity index (χ2v) is 8.38. The van der Waals surface area contributed by atoms with E-state index in [1.165, 1.54) is 0 Å². The molecule has 5 nitrogen and oxygen atoms in total. The van der Waals surface area contributed by atoms with Gasteiger partial charge < -0.3 is 15.3 Å². The summed E-state index contributed by atoms with van der Waals surface area (Å²) in [5, 5.41) is 32.0. The highest BCUT2D eigenvalue weighted by atomic mass is 16.4. The minimum Gasteiger partial charge on any atom is -0.389 e. The van der Waals surface area contributed by atoms with E-state index < -0.39 is 29.0 Å². The predicted molar refractivity (Wildman–Crippen MR) is 94.8 cm³/mol. The van der Waals surface area contributed by atoms with Crippen LogP contribution >= 0.6 is 0 Å². The van der Waals surface area contributed by atoms with Crippen LogP contribution < -0.4 is 0 Å². The number of aliphatic hydroxyl groups is 3. The van der Waals surface area contributed by atoms with E-state index in [1.54, 1.807) is 13.0 Å². The van der Waals surface area contributed by atoms with Gasteiger partial charge in [0.05, 0.1) is 6.10 Å². The van der Waals surface area contributed by atoms with E-state index in [9.17, 15) is 24.9 Å². The number of carbonyl (C=O) groups excluding carboxylic acids is 2. The summed E-state index contributed by atoms with van der Waals surface area (Å²) in [5.41, 5.74) is -1.07. The van der Waals surface area contributed by atoms with Crippen molar-refractivity contribution in [1.29, 1.82) is 0 Å². The fraction of sp³-hybridized carbons (Fsp3) is 0.700. The van der Waals surface area contributed by atoms with Crippen molar-refractivity contribution >= 4 is 11.6 Å². The Balaban J connectivity index is 2.45. The highest BCUT2D eigenvalue weighted by molar-refractivity contribution is 5.89. The maximum absolute atomic E-state index is 12.5. The van der Waals surface area contributed by atoms with Crippen molar-refractivity contribution in [3.05, 3.63) is 23.8 Å². The van der Waals surface area contributed by atoms with Gasteiger partial charge in [-0.25, -0.2) is 0 Å². The van der Waals surface area contributed by atoms with Gasteiger partial charge in [-0.15, -0.1) is 0 Å². The molecule has 1 fully saturated rings. The molecule has 2 aliphatic carbocycles. The Morgan fingerprint density at radius 2 is 1.84 bits per heavy atom. The van der Waals surface area contributed by atoms with E-state index in [4.69, 9.17) is 0 Å². The molecule has 0 aliphatic heterocycles. The summed E-state index contributed by atoms with van der Waals surface area (Å²) in [5.74, 6) is -0.820. The zero-order valence-corrected chi connectivity index (χ0v) is 15.4. The summed E-state index contributed by atoms with van der Waals surface area (Å²) in [6, 6.07) is 0. The van der Waals surface area contributed by atoms with Crippen molar-refractivity contribution in [2.24, 2.45) is 11.3 Å². The van der Waals surface area contributed by atoms with Gasteiger partial charge in [-0.1, -0.05) is 37.6 Å². The first-order valence-corrected chi connectivity index (χ1v) is 8.94. The van der Waals surface area contributed by atoms with Crippen LogP contribution in [0.5, 0.6) is 0 Å². The maximum atomic E-state index is 12.5. The first kappa shape index (κ1) is 20.0. The molecule has 2 aliphatic rings. The summed E-state index contributed by atoms with van der Waals surface area (Å²) in [4.78, 5) is 24.8. The molecule has 3 N–H and O–H groups in total. The fourth-order valence-electron chi connectivity index (χ4n) is 4.26. The molecule has 5 heteroatoms.